The maximum absolute atomic E-state index is 12.6. The van der Waals surface area contributed by atoms with E-state index in [-0.39, 0.29) is 5.91 Å². The topological polar surface area (TPSA) is 58.4 Å². The van der Waals surface area contributed by atoms with Crippen molar-refractivity contribution in [2.24, 2.45) is 5.92 Å². The molecule has 3 fully saturated rings. The number of benzene rings is 1. The maximum Gasteiger partial charge on any atom is 0.261 e. The Balaban J connectivity index is 1.48. The molecular weight excluding hydrogens is 306 g/mol. The number of amides is 1. The summed E-state index contributed by atoms with van der Waals surface area (Å²) in [4.78, 5) is 16.8. The second-order valence-corrected chi connectivity index (χ2v) is 7.55. The lowest BCUT2D eigenvalue weighted by atomic mass is 9.84. The van der Waals surface area contributed by atoms with E-state index in [9.17, 15) is 4.79 Å². The van der Waals surface area contributed by atoms with Crippen molar-refractivity contribution in [1.29, 1.82) is 0 Å². The van der Waals surface area contributed by atoms with Crippen molar-refractivity contribution in [2.75, 3.05) is 25.4 Å². The molecule has 1 amide bonds. The molecule has 3 aliphatic heterocycles. The second kappa shape index (κ2) is 5.98. The van der Waals surface area contributed by atoms with Gasteiger partial charge < -0.3 is 16.0 Å². The van der Waals surface area contributed by atoms with Crippen molar-refractivity contribution in [3.8, 4) is 10.4 Å². The summed E-state index contributed by atoms with van der Waals surface area (Å²) in [6.45, 7) is 3.38. The van der Waals surface area contributed by atoms with Crippen LogP contribution in [-0.2, 0) is 0 Å². The lowest BCUT2D eigenvalue weighted by Crippen LogP contribution is -2.57. The van der Waals surface area contributed by atoms with Gasteiger partial charge in [-0.25, -0.2) is 0 Å². The SMILES string of the molecule is Nc1ccccc1-c1ccc(C(=O)N[C@H]2CN3CCC2CC3)s1. The number of carbonyl (C=O) groups excluding carboxylic acids is 1. The number of nitrogens with two attached hydrogens (primary N) is 1. The molecular formula is C18H21N3OS. The first kappa shape index (κ1) is 14.7. The molecule has 4 nitrogen and oxygen atoms in total. The minimum absolute atomic E-state index is 0.0505. The van der Waals surface area contributed by atoms with Crippen LogP contribution in [0.15, 0.2) is 36.4 Å². The Morgan fingerprint density at radius 1 is 1.17 bits per heavy atom. The molecule has 1 atom stereocenters. The van der Waals surface area contributed by atoms with Crippen LogP contribution in [0.3, 0.4) is 0 Å². The van der Waals surface area contributed by atoms with Crippen LogP contribution in [-0.4, -0.2) is 36.5 Å². The van der Waals surface area contributed by atoms with E-state index in [0.717, 1.165) is 27.5 Å². The van der Waals surface area contributed by atoms with Crippen LogP contribution in [0.1, 0.15) is 22.5 Å². The minimum atomic E-state index is 0.0505. The smallest absolute Gasteiger partial charge is 0.261 e. The van der Waals surface area contributed by atoms with E-state index >= 15 is 0 Å². The van der Waals surface area contributed by atoms with Gasteiger partial charge in [0.15, 0.2) is 0 Å². The Hall–Kier alpha value is -1.85. The molecule has 5 heteroatoms. The van der Waals surface area contributed by atoms with E-state index in [1.807, 2.05) is 36.4 Å². The van der Waals surface area contributed by atoms with Gasteiger partial charge in [-0.15, -0.1) is 11.3 Å². The van der Waals surface area contributed by atoms with Gasteiger partial charge in [-0.1, -0.05) is 18.2 Å². The zero-order valence-electron chi connectivity index (χ0n) is 13.0. The largest absolute Gasteiger partial charge is 0.398 e. The van der Waals surface area contributed by atoms with E-state index < -0.39 is 0 Å². The molecule has 0 radical (unpaired) electrons. The Bertz CT molecular complexity index is 719. The number of anilines is 1. The molecule has 4 heterocycles. The first-order valence-corrected chi connectivity index (χ1v) is 9.00. The molecule has 5 rings (SSSR count). The second-order valence-electron chi connectivity index (χ2n) is 6.47. The lowest BCUT2D eigenvalue weighted by molar-refractivity contribution is 0.0622. The Morgan fingerprint density at radius 3 is 2.65 bits per heavy atom. The molecule has 0 aliphatic carbocycles. The molecule has 0 spiro atoms. The van der Waals surface area contributed by atoms with Crippen molar-refractivity contribution in [3.63, 3.8) is 0 Å². The van der Waals surface area contributed by atoms with E-state index in [1.165, 1.54) is 37.3 Å². The Morgan fingerprint density at radius 2 is 1.96 bits per heavy atom. The van der Waals surface area contributed by atoms with E-state index in [2.05, 4.69) is 10.2 Å². The Kier molecular flexibility index (Phi) is 3.83. The molecule has 1 aromatic carbocycles. The fraction of sp³-hybridized carbons (Fsp3) is 0.389. The molecule has 0 unspecified atom stereocenters. The summed E-state index contributed by atoms with van der Waals surface area (Å²) in [5.74, 6) is 0.697. The van der Waals surface area contributed by atoms with Crippen LogP contribution in [0.25, 0.3) is 10.4 Å². The van der Waals surface area contributed by atoms with Crippen molar-refractivity contribution in [1.82, 2.24) is 10.2 Å². The Labute approximate surface area is 140 Å². The summed E-state index contributed by atoms with van der Waals surface area (Å²) >= 11 is 1.51. The summed E-state index contributed by atoms with van der Waals surface area (Å²) in [7, 11) is 0. The number of nitrogen functional groups attached to an aromatic ring is 1. The van der Waals surface area contributed by atoms with E-state index in [0.29, 0.717) is 12.0 Å². The van der Waals surface area contributed by atoms with Gasteiger partial charge >= 0.3 is 0 Å². The first-order valence-electron chi connectivity index (χ1n) is 8.18. The minimum Gasteiger partial charge on any atom is -0.398 e. The fourth-order valence-corrected chi connectivity index (χ4v) is 4.65. The molecule has 0 saturated carbocycles. The number of hydrogen-bond acceptors (Lipinski definition) is 4. The highest BCUT2D eigenvalue weighted by Gasteiger charge is 2.35. The summed E-state index contributed by atoms with van der Waals surface area (Å²) in [5.41, 5.74) is 7.78. The summed E-state index contributed by atoms with van der Waals surface area (Å²) in [6, 6.07) is 12.0. The van der Waals surface area contributed by atoms with Gasteiger partial charge in [-0.05, 0) is 50.0 Å². The summed E-state index contributed by atoms with van der Waals surface area (Å²) in [5, 5.41) is 3.24. The number of hydrogen-bond donors (Lipinski definition) is 2. The molecule has 3 aliphatic rings. The number of nitrogens with one attached hydrogen (secondary N) is 1. The van der Waals surface area contributed by atoms with Gasteiger partial charge in [-0.3, -0.25) is 4.79 Å². The predicted molar refractivity (Wildman–Crippen MR) is 94.6 cm³/mol. The van der Waals surface area contributed by atoms with Gasteiger partial charge in [-0.2, -0.15) is 0 Å². The quantitative estimate of drug-likeness (QED) is 0.852. The van der Waals surface area contributed by atoms with Crippen LogP contribution >= 0.6 is 11.3 Å². The first-order chi connectivity index (χ1) is 11.2. The van der Waals surface area contributed by atoms with Crippen molar-refractivity contribution >= 4 is 22.9 Å². The zero-order chi connectivity index (χ0) is 15.8. The van der Waals surface area contributed by atoms with Crippen LogP contribution in [0.4, 0.5) is 5.69 Å². The third-order valence-electron chi connectivity index (χ3n) is 5.03. The normalized spacial score (nSPS) is 26.2. The summed E-state index contributed by atoms with van der Waals surface area (Å²) in [6.07, 6.45) is 2.42. The number of carbonyl (C=O) groups is 1. The van der Waals surface area contributed by atoms with Crippen molar-refractivity contribution < 1.29 is 4.79 Å². The van der Waals surface area contributed by atoms with Gasteiger partial charge in [0, 0.05) is 28.7 Å². The zero-order valence-corrected chi connectivity index (χ0v) is 13.8. The van der Waals surface area contributed by atoms with Crippen molar-refractivity contribution in [3.05, 3.63) is 41.3 Å². The molecule has 23 heavy (non-hydrogen) atoms. The van der Waals surface area contributed by atoms with E-state index in [1.54, 1.807) is 0 Å². The highest BCUT2D eigenvalue weighted by Crippen LogP contribution is 2.32. The molecule has 2 bridgehead atoms. The molecule has 120 valence electrons. The maximum atomic E-state index is 12.6. The van der Waals surface area contributed by atoms with Crippen LogP contribution < -0.4 is 11.1 Å². The molecule has 3 N–H and O–H groups in total. The van der Waals surface area contributed by atoms with Crippen LogP contribution in [0, 0.1) is 5.92 Å². The number of fused-ring (bicyclic) bond motifs is 3. The lowest BCUT2D eigenvalue weighted by Gasteiger charge is -2.44. The monoisotopic (exact) mass is 327 g/mol. The van der Waals surface area contributed by atoms with Crippen LogP contribution in [0.2, 0.25) is 0 Å². The van der Waals surface area contributed by atoms with E-state index in [4.69, 9.17) is 5.73 Å². The molecule has 1 aromatic heterocycles. The summed E-state index contributed by atoms with van der Waals surface area (Å²) < 4.78 is 0. The van der Waals surface area contributed by atoms with Gasteiger partial charge in [0.1, 0.15) is 0 Å². The van der Waals surface area contributed by atoms with Crippen molar-refractivity contribution in [2.45, 2.75) is 18.9 Å². The van der Waals surface area contributed by atoms with Gasteiger partial charge in [0.2, 0.25) is 0 Å². The third-order valence-corrected chi connectivity index (χ3v) is 6.15. The highest BCUT2D eigenvalue weighted by molar-refractivity contribution is 7.17. The standard InChI is InChI=1S/C18H21N3OS/c19-14-4-2-1-3-13(14)16-5-6-17(23-16)18(22)20-15-11-21-9-7-12(15)8-10-21/h1-6,12,15H,7-11,19H2,(H,20,22)/t15-/m0/s1. The average Bonchev–Trinajstić information content (AvgIpc) is 3.06. The molecule has 3 saturated heterocycles. The number of piperidine rings is 3. The average molecular weight is 327 g/mol. The fourth-order valence-electron chi connectivity index (χ4n) is 3.69. The van der Waals surface area contributed by atoms with Gasteiger partial charge in [0.25, 0.3) is 5.91 Å². The van der Waals surface area contributed by atoms with Crippen LogP contribution in [0.5, 0.6) is 0 Å². The number of para-hydroxylation sites is 1. The molecule has 2 aromatic rings. The number of nitrogens with zero attached hydrogens (tertiary/aromatic N) is 1. The predicted octanol–water partition coefficient (Wildman–Crippen LogP) is 2.82. The third kappa shape index (κ3) is 2.86. The number of rotatable bonds is 3. The number of thiophene rings is 1. The highest BCUT2D eigenvalue weighted by atomic mass is 32.1. The van der Waals surface area contributed by atoms with Gasteiger partial charge in [0.05, 0.1) is 4.88 Å².